The van der Waals surface area contributed by atoms with Crippen molar-refractivity contribution in [2.24, 2.45) is 76.9 Å². The maximum Gasteiger partial charge on any atom is 0.346 e. The number of rotatable bonds is 17. The van der Waals surface area contributed by atoms with Gasteiger partial charge in [-0.15, -0.1) is 0 Å². The van der Waals surface area contributed by atoms with Crippen LogP contribution in [-0.2, 0) is 117 Å². The van der Waals surface area contributed by atoms with Crippen LogP contribution in [0.4, 0.5) is 0 Å². The van der Waals surface area contributed by atoms with Gasteiger partial charge in [-0.3, -0.25) is 57.5 Å². The summed E-state index contributed by atoms with van der Waals surface area (Å²) in [6.07, 6.45) is 8.48. The van der Waals surface area contributed by atoms with Gasteiger partial charge in [-0.1, -0.05) is 0 Å². The molecule has 14 aliphatic rings. The lowest BCUT2D eigenvalue weighted by Gasteiger charge is -2.46. The predicted octanol–water partition coefficient (Wildman–Crippen LogP) is 8.64. The van der Waals surface area contributed by atoms with Crippen molar-refractivity contribution in [3.8, 4) is 0 Å². The molecule has 18 atom stereocenters. The first-order valence-corrected chi connectivity index (χ1v) is 55.7. The molecule has 12 fully saturated rings. The Balaban J connectivity index is 0.000000131. The van der Waals surface area contributed by atoms with Crippen molar-refractivity contribution in [2.45, 2.75) is 189 Å². The molecule has 0 radical (unpaired) electrons. The summed E-state index contributed by atoms with van der Waals surface area (Å²) in [6, 6.07) is 7.74. The van der Waals surface area contributed by atoms with Gasteiger partial charge < -0.3 is 59.7 Å². The van der Waals surface area contributed by atoms with Gasteiger partial charge in [-0.2, -0.15) is 0 Å². The Morgan fingerprint density at radius 3 is 1.14 bits per heavy atom. The largest absolute Gasteiger partial charge is 0.455 e. The van der Waals surface area contributed by atoms with Crippen LogP contribution in [0.15, 0.2) is 36.4 Å². The molecule has 18 unspecified atom stereocenters. The second-order valence-electron chi connectivity index (χ2n) is 34.9. The van der Waals surface area contributed by atoms with E-state index in [0.29, 0.717) is 53.9 Å². The highest BCUT2D eigenvalue weighted by Crippen LogP contribution is 2.66. The lowest BCUT2D eigenvalue weighted by Crippen LogP contribution is -2.53. The Morgan fingerprint density at radius 1 is 0.360 bits per heavy atom. The van der Waals surface area contributed by atoms with Gasteiger partial charge in [0.05, 0.1) is 105 Å². The molecular weight excluding hydrogens is 1550 g/mol. The molecule has 4 bridgehead atoms. The van der Waals surface area contributed by atoms with Crippen molar-refractivity contribution in [3.63, 3.8) is 0 Å². The van der Waals surface area contributed by atoms with Gasteiger partial charge in [-0.05, 0) is 231 Å². The lowest BCUT2D eigenvalue weighted by atomic mass is 9.81. The highest BCUT2D eigenvalue weighted by molar-refractivity contribution is 6.88. The van der Waals surface area contributed by atoms with Gasteiger partial charge in [0, 0.05) is 0 Å². The number of cyclic esters (lactones) is 16. The van der Waals surface area contributed by atoms with E-state index in [9.17, 15) is 86.3 Å². The molecule has 6 saturated carbocycles. The van der Waals surface area contributed by atoms with E-state index in [-0.39, 0.29) is 165 Å². The Morgan fingerprint density at radius 2 is 0.739 bits per heavy atom. The topological polar surface area (TPSA) is 427 Å². The van der Waals surface area contributed by atoms with E-state index in [4.69, 9.17) is 40.8 Å². The summed E-state index contributed by atoms with van der Waals surface area (Å²) >= 11 is 0. The highest BCUT2D eigenvalue weighted by Gasteiger charge is 2.69. The quantitative estimate of drug-likeness (QED) is 0.0470. The summed E-state index contributed by atoms with van der Waals surface area (Å²) in [4.78, 5) is 212. The van der Waals surface area contributed by atoms with Gasteiger partial charge in [0.15, 0.2) is 49.9 Å². The number of ether oxygens (including phenoxy) is 10. The first-order chi connectivity index (χ1) is 51.8. The molecule has 6 saturated heterocycles. The Bertz CT molecular complexity index is 4220. The number of hydrogen-bond donors (Lipinski definition) is 0. The minimum Gasteiger partial charge on any atom is -0.455 e. The average molecular weight is 1640 g/mol. The van der Waals surface area contributed by atoms with Crippen LogP contribution in [0.5, 0.6) is 0 Å². The van der Waals surface area contributed by atoms with Crippen molar-refractivity contribution in [1.82, 2.24) is 0 Å². The van der Waals surface area contributed by atoms with Crippen molar-refractivity contribution in [1.29, 1.82) is 0 Å². The molecule has 37 heteroatoms. The molecule has 0 aromatic heterocycles. The van der Waals surface area contributed by atoms with E-state index >= 15 is 0 Å². The second-order valence-corrected chi connectivity index (χ2v) is 61.1. The molecule has 31 nitrogen and oxygen atoms in total. The van der Waals surface area contributed by atoms with E-state index in [0.717, 1.165) is 50.7 Å². The van der Waals surface area contributed by atoms with Crippen LogP contribution in [-0.4, -0.2) is 164 Å². The molecule has 8 heterocycles. The second kappa shape index (κ2) is 29.6. The molecule has 0 amide bonds. The number of carbonyl (C=O) groups is 18. The van der Waals surface area contributed by atoms with Crippen molar-refractivity contribution < 1.29 is 146 Å². The van der Waals surface area contributed by atoms with E-state index < -0.39 is 128 Å². The van der Waals surface area contributed by atoms with Crippen LogP contribution in [0.1, 0.15) is 139 Å². The molecule has 6 aliphatic carbocycles. The van der Waals surface area contributed by atoms with Crippen LogP contribution in [0.2, 0.25) is 112 Å². The van der Waals surface area contributed by atoms with E-state index in [2.05, 4.69) is 71.3 Å². The highest BCUT2D eigenvalue weighted by atomic mass is 28.4. The molecule has 0 N–H and O–H groups in total. The van der Waals surface area contributed by atoms with Gasteiger partial charge in [0.25, 0.3) is 0 Å². The zero-order valence-corrected chi connectivity index (χ0v) is 69.4. The summed E-state index contributed by atoms with van der Waals surface area (Å²) in [7, 11) is -13.4. The first kappa shape index (κ1) is 80.7. The zero-order valence-electron chi connectivity index (χ0n) is 63.4. The van der Waals surface area contributed by atoms with Crippen LogP contribution < -0.4 is 0 Å². The minimum absolute atomic E-state index is 0.0339. The normalized spacial score (nSPS) is 32.1. The monoisotopic (exact) mass is 1640 g/mol. The Labute approximate surface area is 642 Å². The van der Waals surface area contributed by atoms with E-state index in [1.807, 2.05) is 26.2 Å². The third kappa shape index (κ3) is 15.6. The average Bonchev–Trinajstić information content (AvgIpc) is 1.56. The summed E-state index contributed by atoms with van der Waals surface area (Å²) in [5.41, 5.74) is 0.646. The summed E-state index contributed by atoms with van der Waals surface area (Å²) in [6.45, 7) is 24.8. The predicted molar refractivity (Wildman–Crippen MR) is 387 cm³/mol. The fraction of sp³-hybridized carbons (Fsp3) is 0.595. The molecule has 594 valence electrons. The molecular formula is C74H88O31Si6. The third-order valence-electron chi connectivity index (χ3n) is 25.7. The summed E-state index contributed by atoms with van der Waals surface area (Å²) in [5, 5.41) is 0. The molecule has 8 aliphatic heterocycles. The first-order valence-electron chi connectivity index (χ1n) is 37.6. The fourth-order valence-corrected chi connectivity index (χ4v) is 51.4. The smallest absolute Gasteiger partial charge is 0.346 e. The molecule has 2 aromatic carbocycles. The van der Waals surface area contributed by atoms with E-state index in [1.165, 1.54) is 24.3 Å². The van der Waals surface area contributed by atoms with E-state index in [1.54, 1.807) is 0 Å². The third-order valence-corrected chi connectivity index (χ3v) is 51.9. The van der Waals surface area contributed by atoms with Crippen molar-refractivity contribution in [2.75, 3.05) is 6.79 Å². The molecule has 2 aromatic rings. The Kier molecular flexibility index (Phi) is 21.5. The molecule has 16 rings (SSSR count). The minimum atomic E-state index is -2.49. The van der Waals surface area contributed by atoms with Crippen LogP contribution in [0.25, 0.3) is 0 Å². The maximum absolute atomic E-state index is 12.3. The number of benzene rings is 2. The van der Waals surface area contributed by atoms with Gasteiger partial charge in [0.1, 0.15) is 0 Å². The Hall–Kier alpha value is -8.32. The van der Waals surface area contributed by atoms with Gasteiger partial charge >= 0.3 is 107 Å². The van der Waals surface area contributed by atoms with Crippen LogP contribution >= 0.6 is 0 Å². The van der Waals surface area contributed by atoms with Crippen LogP contribution in [0, 0.1) is 76.9 Å². The van der Waals surface area contributed by atoms with Crippen LogP contribution in [0.3, 0.4) is 0 Å². The SMILES string of the molecule is C[Si](C)(CC1CC(=O)OC1=O)O[Si](C)(C)C1CC(=O)OC1=O.C[Si](C)(O[Si](C)(C)C1CC2CC1C1C(=O)OC(=O)C21)C1CC2CC1C1C(=O)OC(=O)C21.C[Si](C)(O[Si](C)(C)C1CCC2C(=O)OC(=O)C2C1)C1CCC2C(=O)OC(=O)C2C1.O=C(OCOC(=O)c1ccc2c(c1)C(=O)OC2=O)c1ccc2c(c1)C(=O)OC2=O. The van der Waals surface area contributed by atoms with Gasteiger partial charge in [-0.25, -0.2) is 28.8 Å². The number of esters is 18. The number of fused-ring (bicyclic) bond motifs is 14. The zero-order chi connectivity index (χ0) is 80.6. The fourth-order valence-electron chi connectivity index (χ4n) is 20.8. The number of hydrogen-bond acceptors (Lipinski definition) is 31. The lowest BCUT2D eigenvalue weighted by molar-refractivity contribution is -0.156. The summed E-state index contributed by atoms with van der Waals surface area (Å²) in [5.74, 6) is -11.6. The van der Waals surface area contributed by atoms with Gasteiger partial charge in [0.2, 0.25) is 6.79 Å². The molecule has 111 heavy (non-hydrogen) atoms. The number of carbonyl (C=O) groups excluding carboxylic acids is 18. The maximum atomic E-state index is 12.3. The van der Waals surface area contributed by atoms with Crippen molar-refractivity contribution >= 4 is 157 Å². The van der Waals surface area contributed by atoms with Crippen molar-refractivity contribution in [3.05, 3.63) is 69.8 Å². The standard InChI is InChI=1S/C22H30O7Si2.C20H30O7Si2.C19H8O10.C13H20O7Si2/c1-30(2,13-7-9-5-11(13)17-15(9)19(23)27-21(17)25)29-31(3,4)14-8-10-6-12(14)18-16(10)20(24)28-22(18)26;1-28(2,11-5-7-13-15(9-11)19(23)25-17(13)21)27-29(3,4)12-6-8-14-16(10-12)20(24)26-18(14)22;20-14(8-1-3-10-12(5-8)18(24)28-16(10)22)26-7-27-15(21)9-2-4-11-13(6-9)19(25)29-17(11)23;1-21(2,7-8-5-10(14)18-12(8)16)20-22(3,4)9-6-11(15)19-13(9)17/h9-18H,5-8H2,1-4H3;11-16H,5-10H2,1-4H3;1-6H,7H2;8-9H,5-7H2,1-4H3. The summed E-state index contributed by atoms with van der Waals surface area (Å²) < 4.78 is 67.6. The molecule has 0 spiro atoms.